The lowest BCUT2D eigenvalue weighted by Gasteiger charge is -2.50. The fraction of sp³-hybridized carbons (Fsp3) is 0.933. The molecule has 4 fully saturated rings. The normalized spacial score (nSPS) is 39.8. The van der Waals surface area contributed by atoms with Crippen LogP contribution in [0.1, 0.15) is 38.5 Å². The Balaban J connectivity index is 1.42. The lowest BCUT2D eigenvalue weighted by molar-refractivity contribution is -0.0840. The monoisotopic (exact) mass is 280 g/mol. The SMILES string of the molecule is O=C(O)N1C2COCC1CC(N1CCC3(CC1)CC3)C2. The molecule has 1 spiro atoms. The van der Waals surface area contributed by atoms with Gasteiger partial charge in [0, 0.05) is 6.04 Å². The van der Waals surface area contributed by atoms with Gasteiger partial charge in [-0.05, 0) is 57.0 Å². The fourth-order valence-electron chi connectivity index (χ4n) is 4.54. The first-order valence-corrected chi connectivity index (χ1v) is 8.00. The third-order valence-electron chi connectivity index (χ3n) is 6.05. The predicted octanol–water partition coefficient (Wildman–Crippen LogP) is 1.77. The maximum Gasteiger partial charge on any atom is 0.407 e. The van der Waals surface area contributed by atoms with Crippen LogP contribution in [0.2, 0.25) is 0 Å². The van der Waals surface area contributed by atoms with Gasteiger partial charge < -0.3 is 14.7 Å². The molecule has 0 aromatic carbocycles. The number of ether oxygens (including phenoxy) is 1. The molecule has 1 amide bonds. The molecule has 1 saturated carbocycles. The van der Waals surface area contributed by atoms with Crippen LogP contribution in [0.4, 0.5) is 4.79 Å². The number of carboxylic acid groups (broad SMARTS) is 1. The number of fused-ring (bicyclic) bond motifs is 2. The highest BCUT2D eigenvalue weighted by atomic mass is 16.5. The number of hydrogen-bond donors (Lipinski definition) is 1. The molecule has 3 saturated heterocycles. The summed E-state index contributed by atoms with van der Waals surface area (Å²) in [6.45, 7) is 3.60. The molecule has 3 heterocycles. The molecule has 3 aliphatic heterocycles. The average molecular weight is 280 g/mol. The van der Waals surface area contributed by atoms with Crippen molar-refractivity contribution < 1.29 is 14.6 Å². The number of carbonyl (C=O) groups is 1. The molecular weight excluding hydrogens is 256 g/mol. The van der Waals surface area contributed by atoms with Crippen LogP contribution in [0.25, 0.3) is 0 Å². The molecule has 0 aromatic heterocycles. The zero-order valence-electron chi connectivity index (χ0n) is 12.0. The first kappa shape index (κ1) is 12.9. The highest BCUT2D eigenvalue weighted by molar-refractivity contribution is 5.66. The summed E-state index contributed by atoms with van der Waals surface area (Å²) in [5.41, 5.74) is 0.719. The van der Waals surface area contributed by atoms with E-state index >= 15 is 0 Å². The van der Waals surface area contributed by atoms with Gasteiger partial charge in [0.2, 0.25) is 0 Å². The van der Waals surface area contributed by atoms with Gasteiger partial charge >= 0.3 is 6.09 Å². The van der Waals surface area contributed by atoms with Crippen molar-refractivity contribution in [2.75, 3.05) is 26.3 Å². The Kier molecular flexibility index (Phi) is 2.96. The van der Waals surface area contributed by atoms with E-state index in [1.54, 1.807) is 4.90 Å². The number of morpholine rings is 1. The fourth-order valence-corrected chi connectivity index (χ4v) is 4.54. The Morgan fingerprint density at radius 3 is 2.10 bits per heavy atom. The molecule has 2 atom stereocenters. The quantitative estimate of drug-likeness (QED) is 0.795. The highest BCUT2D eigenvalue weighted by Gasteiger charge is 2.48. The number of likely N-dealkylation sites (tertiary alicyclic amines) is 1. The molecule has 4 rings (SSSR count). The van der Waals surface area contributed by atoms with Crippen molar-refractivity contribution in [1.82, 2.24) is 9.80 Å². The number of hydrogen-bond acceptors (Lipinski definition) is 3. The molecule has 0 radical (unpaired) electrons. The summed E-state index contributed by atoms with van der Waals surface area (Å²) in [4.78, 5) is 15.7. The van der Waals surface area contributed by atoms with E-state index in [1.807, 2.05) is 0 Å². The topological polar surface area (TPSA) is 53.0 Å². The molecule has 0 aromatic rings. The van der Waals surface area contributed by atoms with Gasteiger partial charge in [0.15, 0.2) is 0 Å². The second-order valence-electron chi connectivity index (χ2n) is 7.20. The number of amides is 1. The summed E-state index contributed by atoms with van der Waals surface area (Å²) >= 11 is 0. The van der Waals surface area contributed by atoms with Gasteiger partial charge in [0.25, 0.3) is 0 Å². The first-order valence-electron chi connectivity index (χ1n) is 8.00. The zero-order valence-corrected chi connectivity index (χ0v) is 12.0. The number of rotatable bonds is 1. The number of piperidine rings is 2. The minimum absolute atomic E-state index is 0.0711. The summed E-state index contributed by atoms with van der Waals surface area (Å²) in [5, 5.41) is 9.37. The number of nitrogens with zero attached hydrogens (tertiary/aromatic N) is 2. The summed E-state index contributed by atoms with van der Waals surface area (Å²) in [7, 11) is 0. The van der Waals surface area contributed by atoms with E-state index in [-0.39, 0.29) is 12.1 Å². The lowest BCUT2D eigenvalue weighted by atomic mass is 9.86. The van der Waals surface area contributed by atoms with E-state index in [0.717, 1.165) is 18.3 Å². The molecule has 112 valence electrons. The van der Waals surface area contributed by atoms with Crippen LogP contribution in [0, 0.1) is 5.41 Å². The van der Waals surface area contributed by atoms with Gasteiger partial charge in [-0.1, -0.05) is 0 Å². The molecule has 1 aliphatic carbocycles. The van der Waals surface area contributed by atoms with E-state index < -0.39 is 6.09 Å². The Hall–Kier alpha value is -0.810. The maximum atomic E-state index is 11.4. The van der Waals surface area contributed by atoms with E-state index in [0.29, 0.717) is 19.3 Å². The Morgan fingerprint density at radius 2 is 1.60 bits per heavy atom. The third kappa shape index (κ3) is 2.11. The van der Waals surface area contributed by atoms with Crippen LogP contribution < -0.4 is 0 Å². The second kappa shape index (κ2) is 4.60. The molecule has 20 heavy (non-hydrogen) atoms. The first-order chi connectivity index (χ1) is 9.67. The third-order valence-corrected chi connectivity index (χ3v) is 6.05. The van der Waals surface area contributed by atoms with Crippen molar-refractivity contribution in [3.05, 3.63) is 0 Å². The van der Waals surface area contributed by atoms with Crippen molar-refractivity contribution in [3.63, 3.8) is 0 Å². The predicted molar refractivity (Wildman–Crippen MR) is 73.8 cm³/mol. The molecule has 5 heteroatoms. The molecule has 4 aliphatic rings. The molecule has 1 N–H and O–H groups in total. The van der Waals surface area contributed by atoms with E-state index in [2.05, 4.69) is 4.90 Å². The highest BCUT2D eigenvalue weighted by Crippen LogP contribution is 2.54. The second-order valence-corrected chi connectivity index (χ2v) is 7.20. The lowest BCUT2D eigenvalue weighted by Crippen LogP contribution is -2.62. The van der Waals surface area contributed by atoms with Gasteiger partial charge in [0.05, 0.1) is 25.3 Å². The van der Waals surface area contributed by atoms with Gasteiger partial charge in [0.1, 0.15) is 0 Å². The van der Waals surface area contributed by atoms with Crippen LogP contribution in [0.5, 0.6) is 0 Å². The smallest absolute Gasteiger partial charge is 0.407 e. The van der Waals surface area contributed by atoms with Gasteiger partial charge in [-0.2, -0.15) is 0 Å². The van der Waals surface area contributed by atoms with Crippen LogP contribution in [0.3, 0.4) is 0 Å². The zero-order chi connectivity index (χ0) is 13.7. The van der Waals surface area contributed by atoms with Crippen LogP contribution in [-0.4, -0.2) is 65.4 Å². The minimum atomic E-state index is -0.766. The van der Waals surface area contributed by atoms with E-state index in [4.69, 9.17) is 4.74 Å². The van der Waals surface area contributed by atoms with Crippen molar-refractivity contribution in [2.24, 2.45) is 5.41 Å². The van der Waals surface area contributed by atoms with Crippen molar-refractivity contribution in [1.29, 1.82) is 0 Å². The molecule has 5 nitrogen and oxygen atoms in total. The van der Waals surface area contributed by atoms with Gasteiger partial charge in [-0.15, -0.1) is 0 Å². The Labute approximate surface area is 119 Å². The van der Waals surface area contributed by atoms with Crippen molar-refractivity contribution >= 4 is 6.09 Å². The van der Waals surface area contributed by atoms with Crippen molar-refractivity contribution in [3.8, 4) is 0 Å². The summed E-state index contributed by atoms with van der Waals surface area (Å²) in [5.74, 6) is 0. The Bertz CT molecular complexity index is 386. The molecule has 2 unspecified atom stereocenters. The summed E-state index contributed by atoms with van der Waals surface area (Å²) in [6, 6.07) is 0.712. The average Bonchev–Trinajstić information content (AvgIpc) is 3.17. The van der Waals surface area contributed by atoms with Crippen molar-refractivity contribution in [2.45, 2.75) is 56.7 Å². The molecule has 2 bridgehead atoms. The summed E-state index contributed by atoms with van der Waals surface area (Å²) < 4.78 is 5.57. The molecular formula is C15H24N2O3. The maximum absolute atomic E-state index is 11.4. The van der Waals surface area contributed by atoms with E-state index in [9.17, 15) is 9.90 Å². The summed E-state index contributed by atoms with van der Waals surface area (Å²) in [6.07, 6.45) is 6.74. The largest absolute Gasteiger partial charge is 0.465 e. The standard InChI is InChI=1S/C15H24N2O3/c18-14(19)17-12-7-11(8-13(17)10-20-9-12)16-5-3-15(1-2-15)4-6-16/h11-13H,1-10H2,(H,18,19). The van der Waals surface area contributed by atoms with E-state index in [1.165, 1.54) is 38.8 Å². The Morgan fingerprint density at radius 1 is 1.00 bits per heavy atom. The van der Waals surface area contributed by atoms with Crippen LogP contribution in [0.15, 0.2) is 0 Å². The minimum Gasteiger partial charge on any atom is -0.465 e. The van der Waals surface area contributed by atoms with Gasteiger partial charge in [-0.3, -0.25) is 4.90 Å². The van der Waals surface area contributed by atoms with Crippen LogP contribution >= 0.6 is 0 Å². The van der Waals surface area contributed by atoms with Crippen LogP contribution in [-0.2, 0) is 4.74 Å². The van der Waals surface area contributed by atoms with Gasteiger partial charge in [-0.25, -0.2) is 4.79 Å².